The van der Waals surface area contributed by atoms with Crippen LogP contribution in [0, 0.1) is 0 Å². The Morgan fingerprint density at radius 2 is 1.72 bits per heavy atom. The van der Waals surface area contributed by atoms with Crippen LogP contribution in [0.25, 0.3) is 10.8 Å². The number of rotatable bonds is 3. The maximum Gasteiger partial charge on any atom is 0.0796 e. The lowest BCUT2D eigenvalue weighted by Gasteiger charge is -2.13. The van der Waals surface area contributed by atoms with Crippen LogP contribution >= 0.6 is 15.9 Å². The number of hydrogen-bond donors (Lipinski definition) is 1. The number of fused-ring (bicyclic) bond motifs is 1. The molecule has 0 heterocycles. The standard InChI is InChI=1S/C14H15BrO.C2H6/c1-2-5-13(16)11-8-3-6-10-7-4-9-12(15)14(10)11;1-2/h3-4,6-9,13,16H,2,5H2,1H3;1-2H3. The van der Waals surface area contributed by atoms with Gasteiger partial charge >= 0.3 is 0 Å². The fraction of sp³-hybridized carbons (Fsp3) is 0.375. The van der Waals surface area contributed by atoms with Crippen LogP contribution in [0.1, 0.15) is 45.3 Å². The zero-order valence-corrected chi connectivity index (χ0v) is 12.9. The van der Waals surface area contributed by atoms with E-state index < -0.39 is 0 Å². The maximum absolute atomic E-state index is 10.1. The minimum absolute atomic E-state index is 0.368. The third kappa shape index (κ3) is 3.33. The van der Waals surface area contributed by atoms with Crippen molar-refractivity contribution in [1.82, 2.24) is 0 Å². The number of benzene rings is 2. The van der Waals surface area contributed by atoms with Crippen LogP contribution in [0.2, 0.25) is 0 Å². The largest absolute Gasteiger partial charge is 0.388 e. The van der Waals surface area contributed by atoms with Crippen LogP contribution in [0.5, 0.6) is 0 Å². The van der Waals surface area contributed by atoms with E-state index in [2.05, 4.69) is 35.0 Å². The molecule has 1 N–H and O–H groups in total. The van der Waals surface area contributed by atoms with Gasteiger partial charge < -0.3 is 5.11 Å². The topological polar surface area (TPSA) is 20.2 Å². The Balaban J connectivity index is 0.000000771. The summed E-state index contributed by atoms with van der Waals surface area (Å²) in [6, 6.07) is 12.2. The van der Waals surface area contributed by atoms with Crippen molar-refractivity contribution < 1.29 is 5.11 Å². The van der Waals surface area contributed by atoms with Crippen molar-refractivity contribution >= 4 is 26.7 Å². The summed E-state index contributed by atoms with van der Waals surface area (Å²) < 4.78 is 1.05. The molecule has 0 saturated heterocycles. The summed E-state index contributed by atoms with van der Waals surface area (Å²) in [5, 5.41) is 12.4. The molecule has 0 aliphatic heterocycles. The molecule has 1 atom stereocenters. The molecule has 0 radical (unpaired) electrons. The highest BCUT2D eigenvalue weighted by molar-refractivity contribution is 9.10. The van der Waals surface area contributed by atoms with Crippen molar-refractivity contribution in [2.24, 2.45) is 0 Å². The summed E-state index contributed by atoms with van der Waals surface area (Å²) in [6.07, 6.45) is 1.43. The van der Waals surface area contributed by atoms with E-state index in [1.165, 1.54) is 5.39 Å². The number of aliphatic hydroxyl groups is 1. The third-order valence-corrected chi connectivity index (χ3v) is 3.47. The Kier molecular flexibility index (Phi) is 6.37. The van der Waals surface area contributed by atoms with Gasteiger partial charge in [-0.25, -0.2) is 0 Å². The molecule has 2 aromatic rings. The average molecular weight is 309 g/mol. The van der Waals surface area contributed by atoms with Gasteiger partial charge in [0, 0.05) is 9.86 Å². The van der Waals surface area contributed by atoms with Gasteiger partial charge in [0.1, 0.15) is 0 Å². The molecule has 0 amide bonds. The SMILES string of the molecule is CC.CCCC(O)c1cccc2cccc(Br)c12. The van der Waals surface area contributed by atoms with Gasteiger partial charge in [-0.3, -0.25) is 0 Å². The van der Waals surface area contributed by atoms with Gasteiger partial charge in [-0.2, -0.15) is 0 Å². The fourth-order valence-corrected chi connectivity index (χ4v) is 2.64. The highest BCUT2D eigenvalue weighted by atomic mass is 79.9. The molecule has 18 heavy (non-hydrogen) atoms. The van der Waals surface area contributed by atoms with Crippen LogP contribution in [0.4, 0.5) is 0 Å². The lowest BCUT2D eigenvalue weighted by molar-refractivity contribution is 0.168. The van der Waals surface area contributed by atoms with Gasteiger partial charge in [0.05, 0.1) is 6.10 Å². The van der Waals surface area contributed by atoms with Crippen molar-refractivity contribution in [3.63, 3.8) is 0 Å². The van der Waals surface area contributed by atoms with Crippen LogP contribution in [0.15, 0.2) is 40.9 Å². The van der Waals surface area contributed by atoms with E-state index in [1.807, 2.05) is 38.1 Å². The van der Waals surface area contributed by atoms with Gasteiger partial charge in [0.15, 0.2) is 0 Å². The van der Waals surface area contributed by atoms with Crippen molar-refractivity contribution in [3.8, 4) is 0 Å². The Morgan fingerprint density at radius 3 is 2.33 bits per heavy atom. The zero-order chi connectivity index (χ0) is 13.5. The molecule has 0 saturated carbocycles. The highest BCUT2D eigenvalue weighted by Gasteiger charge is 2.11. The van der Waals surface area contributed by atoms with E-state index in [-0.39, 0.29) is 6.10 Å². The first kappa shape index (κ1) is 15.2. The molecule has 0 aliphatic carbocycles. The van der Waals surface area contributed by atoms with Gasteiger partial charge in [-0.15, -0.1) is 0 Å². The van der Waals surface area contributed by atoms with Gasteiger partial charge in [0.25, 0.3) is 0 Å². The molecule has 0 spiro atoms. The Morgan fingerprint density at radius 1 is 1.11 bits per heavy atom. The molecule has 98 valence electrons. The average Bonchev–Trinajstić information content (AvgIpc) is 2.41. The predicted molar refractivity (Wildman–Crippen MR) is 82.9 cm³/mol. The number of halogens is 1. The Bertz CT molecular complexity index is 488. The van der Waals surface area contributed by atoms with E-state index in [1.54, 1.807) is 0 Å². The van der Waals surface area contributed by atoms with E-state index >= 15 is 0 Å². The van der Waals surface area contributed by atoms with Crippen LogP contribution in [-0.4, -0.2) is 5.11 Å². The molecule has 0 fully saturated rings. The van der Waals surface area contributed by atoms with Crippen molar-refractivity contribution in [1.29, 1.82) is 0 Å². The molecule has 0 aromatic heterocycles. The minimum atomic E-state index is -0.368. The lowest BCUT2D eigenvalue weighted by atomic mass is 9.98. The summed E-state index contributed by atoms with van der Waals surface area (Å²) in [4.78, 5) is 0. The zero-order valence-electron chi connectivity index (χ0n) is 11.3. The molecule has 1 nitrogen and oxygen atoms in total. The molecule has 0 aliphatic rings. The Labute approximate surface area is 118 Å². The molecule has 0 bridgehead atoms. The van der Waals surface area contributed by atoms with Crippen molar-refractivity contribution in [2.75, 3.05) is 0 Å². The van der Waals surface area contributed by atoms with Gasteiger partial charge in [-0.05, 0) is 23.4 Å². The summed E-state index contributed by atoms with van der Waals surface area (Å²) in [5.74, 6) is 0. The van der Waals surface area contributed by atoms with Crippen molar-refractivity contribution in [2.45, 2.75) is 39.7 Å². The van der Waals surface area contributed by atoms with E-state index in [4.69, 9.17) is 0 Å². The highest BCUT2D eigenvalue weighted by Crippen LogP contribution is 2.32. The normalized spacial score (nSPS) is 11.8. The van der Waals surface area contributed by atoms with Crippen LogP contribution in [0.3, 0.4) is 0 Å². The summed E-state index contributed by atoms with van der Waals surface area (Å²) in [7, 11) is 0. The first-order valence-electron chi connectivity index (χ1n) is 6.59. The molecule has 2 rings (SSSR count). The summed E-state index contributed by atoms with van der Waals surface area (Å²) in [6.45, 7) is 6.09. The van der Waals surface area contributed by atoms with Crippen LogP contribution in [-0.2, 0) is 0 Å². The summed E-state index contributed by atoms with van der Waals surface area (Å²) in [5.41, 5.74) is 1.02. The molecule has 2 heteroatoms. The summed E-state index contributed by atoms with van der Waals surface area (Å²) >= 11 is 3.56. The fourth-order valence-electron chi connectivity index (χ4n) is 2.03. The third-order valence-electron chi connectivity index (χ3n) is 2.81. The monoisotopic (exact) mass is 308 g/mol. The maximum atomic E-state index is 10.1. The van der Waals surface area contributed by atoms with Gasteiger partial charge in [0.2, 0.25) is 0 Å². The second-order valence-corrected chi connectivity index (χ2v) is 4.84. The number of hydrogen-bond acceptors (Lipinski definition) is 1. The van der Waals surface area contributed by atoms with Crippen LogP contribution < -0.4 is 0 Å². The smallest absolute Gasteiger partial charge is 0.0796 e. The molecule has 1 unspecified atom stereocenters. The molecular formula is C16H21BrO. The minimum Gasteiger partial charge on any atom is -0.388 e. The van der Waals surface area contributed by atoms with Crippen molar-refractivity contribution in [3.05, 3.63) is 46.4 Å². The number of aliphatic hydroxyl groups excluding tert-OH is 1. The lowest BCUT2D eigenvalue weighted by Crippen LogP contribution is -1.98. The molecular weight excluding hydrogens is 288 g/mol. The quantitative estimate of drug-likeness (QED) is 0.798. The first-order valence-corrected chi connectivity index (χ1v) is 7.38. The first-order chi connectivity index (χ1) is 8.74. The van der Waals surface area contributed by atoms with Gasteiger partial charge in [-0.1, -0.05) is 73.5 Å². The van der Waals surface area contributed by atoms with E-state index in [0.717, 1.165) is 28.3 Å². The van der Waals surface area contributed by atoms with E-state index in [0.29, 0.717) is 0 Å². The second kappa shape index (κ2) is 7.55. The second-order valence-electron chi connectivity index (χ2n) is 3.99. The Hall–Kier alpha value is -0.860. The molecule has 2 aromatic carbocycles. The van der Waals surface area contributed by atoms with E-state index in [9.17, 15) is 5.11 Å². The predicted octanol–water partition coefficient (Wildman–Crippen LogP) is 5.46.